The lowest BCUT2D eigenvalue weighted by Gasteiger charge is -2.30. The van der Waals surface area contributed by atoms with Crippen LogP contribution in [0.2, 0.25) is 0 Å². The molecule has 0 saturated heterocycles. The standard InChI is InChI=1S/C27H24N6OS/c1-2-11-33(16-20-4-3-13-35-20)23(5-1)27-28-26(31-32-27)19-6-8-22-21(15-19)25(30-29-22)18-7-9-24-17(14-18)10-12-34-24/h1-4,6-9,13-15,23H,5,10-12,16H2,(H,29,30)(H,28,31,32)/t23-/m1/s1. The number of nitrogens with one attached hydrogen (secondary N) is 2. The maximum Gasteiger partial charge on any atom is 0.181 e. The molecular weight excluding hydrogens is 456 g/mol. The minimum absolute atomic E-state index is 0.185. The number of H-pyrrole nitrogens is 2. The second-order valence-corrected chi connectivity index (χ2v) is 10.1. The Balaban J connectivity index is 1.20. The van der Waals surface area contributed by atoms with Crippen molar-refractivity contribution in [1.29, 1.82) is 0 Å². The van der Waals surface area contributed by atoms with Gasteiger partial charge in [0.2, 0.25) is 0 Å². The molecular formula is C27H24N6OS. The molecule has 5 heterocycles. The number of fused-ring (bicyclic) bond motifs is 2. The van der Waals surface area contributed by atoms with E-state index in [1.807, 2.05) is 6.07 Å². The molecule has 2 aromatic carbocycles. The molecule has 0 aliphatic carbocycles. The third-order valence-electron chi connectivity index (χ3n) is 6.85. The molecule has 0 saturated carbocycles. The van der Waals surface area contributed by atoms with Crippen LogP contribution in [-0.2, 0) is 13.0 Å². The van der Waals surface area contributed by atoms with Crippen molar-refractivity contribution in [2.24, 2.45) is 0 Å². The number of ether oxygens (including phenoxy) is 1. The van der Waals surface area contributed by atoms with Crippen LogP contribution in [0.1, 0.15) is 28.7 Å². The number of aromatic amines is 2. The van der Waals surface area contributed by atoms with E-state index in [1.54, 1.807) is 11.3 Å². The van der Waals surface area contributed by atoms with Crippen LogP contribution in [0.25, 0.3) is 33.5 Å². The monoisotopic (exact) mass is 480 g/mol. The normalized spacial score (nSPS) is 17.7. The van der Waals surface area contributed by atoms with Gasteiger partial charge in [-0.1, -0.05) is 18.2 Å². The van der Waals surface area contributed by atoms with Crippen LogP contribution in [0.5, 0.6) is 5.75 Å². The maximum absolute atomic E-state index is 5.67. The van der Waals surface area contributed by atoms with Gasteiger partial charge in [-0.15, -0.1) is 11.3 Å². The number of benzene rings is 2. The van der Waals surface area contributed by atoms with Crippen LogP contribution in [0.3, 0.4) is 0 Å². The summed E-state index contributed by atoms with van der Waals surface area (Å²) >= 11 is 1.80. The van der Waals surface area contributed by atoms with Gasteiger partial charge in [0.25, 0.3) is 0 Å². The van der Waals surface area contributed by atoms with Crippen molar-refractivity contribution in [2.75, 3.05) is 13.2 Å². The second kappa shape index (κ2) is 8.48. The van der Waals surface area contributed by atoms with E-state index in [0.717, 1.165) is 71.8 Å². The smallest absolute Gasteiger partial charge is 0.181 e. The average molecular weight is 481 g/mol. The third kappa shape index (κ3) is 3.75. The van der Waals surface area contributed by atoms with Gasteiger partial charge in [0.15, 0.2) is 5.82 Å². The molecule has 0 radical (unpaired) electrons. The molecule has 0 fully saturated rings. The number of hydrogen-bond acceptors (Lipinski definition) is 6. The van der Waals surface area contributed by atoms with Gasteiger partial charge >= 0.3 is 0 Å². The minimum atomic E-state index is 0.185. The van der Waals surface area contributed by atoms with Crippen LogP contribution in [0.15, 0.2) is 66.1 Å². The van der Waals surface area contributed by atoms with E-state index in [1.165, 1.54) is 10.4 Å². The summed E-state index contributed by atoms with van der Waals surface area (Å²) < 4.78 is 5.67. The Hall–Kier alpha value is -3.75. The zero-order chi connectivity index (χ0) is 23.2. The molecule has 2 aliphatic rings. The highest BCUT2D eigenvalue weighted by Crippen LogP contribution is 2.35. The van der Waals surface area contributed by atoms with E-state index in [9.17, 15) is 0 Å². The van der Waals surface area contributed by atoms with E-state index >= 15 is 0 Å². The molecule has 0 bridgehead atoms. The molecule has 7 rings (SSSR count). The lowest BCUT2D eigenvalue weighted by molar-refractivity contribution is 0.195. The molecule has 0 amide bonds. The predicted octanol–water partition coefficient (Wildman–Crippen LogP) is 5.51. The summed E-state index contributed by atoms with van der Waals surface area (Å²) in [7, 11) is 0. The highest BCUT2D eigenvalue weighted by atomic mass is 32.1. The van der Waals surface area contributed by atoms with Gasteiger partial charge in [0.1, 0.15) is 11.6 Å². The summed E-state index contributed by atoms with van der Waals surface area (Å²) in [6, 6.07) is 17.0. The van der Waals surface area contributed by atoms with Crippen molar-refractivity contribution in [3.8, 4) is 28.4 Å². The first kappa shape index (κ1) is 20.6. The average Bonchev–Trinajstić information content (AvgIpc) is 3.70. The van der Waals surface area contributed by atoms with Crippen molar-refractivity contribution in [3.05, 3.63) is 82.3 Å². The van der Waals surface area contributed by atoms with Gasteiger partial charge in [0.05, 0.1) is 23.9 Å². The Kier molecular flexibility index (Phi) is 4.99. The first-order valence-electron chi connectivity index (χ1n) is 11.9. The highest BCUT2D eigenvalue weighted by Gasteiger charge is 2.25. The van der Waals surface area contributed by atoms with Crippen molar-refractivity contribution in [1.82, 2.24) is 30.3 Å². The molecule has 2 N–H and O–H groups in total. The quantitative estimate of drug-likeness (QED) is 0.324. The van der Waals surface area contributed by atoms with Gasteiger partial charge in [-0.25, -0.2) is 4.98 Å². The molecule has 0 spiro atoms. The summed E-state index contributed by atoms with van der Waals surface area (Å²) in [5, 5.41) is 18.8. The van der Waals surface area contributed by atoms with Gasteiger partial charge in [-0.05, 0) is 59.8 Å². The van der Waals surface area contributed by atoms with Crippen LogP contribution < -0.4 is 4.74 Å². The van der Waals surface area contributed by atoms with Crippen molar-refractivity contribution in [2.45, 2.75) is 25.4 Å². The molecule has 8 heteroatoms. The van der Waals surface area contributed by atoms with E-state index in [-0.39, 0.29) is 6.04 Å². The molecule has 35 heavy (non-hydrogen) atoms. The number of thiophene rings is 1. The topological polar surface area (TPSA) is 82.7 Å². The van der Waals surface area contributed by atoms with Crippen molar-refractivity contribution < 1.29 is 4.74 Å². The number of rotatable bonds is 5. The number of hydrogen-bond donors (Lipinski definition) is 2. The maximum atomic E-state index is 5.67. The Morgan fingerprint density at radius 3 is 2.94 bits per heavy atom. The zero-order valence-electron chi connectivity index (χ0n) is 19.1. The van der Waals surface area contributed by atoms with Gasteiger partial charge < -0.3 is 4.74 Å². The van der Waals surface area contributed by atoms with Crippen LogP contribution in [-0.4, -0.2) is 43.4 Å². The first-order valence-corrected chi connectivity index (χ1v) is 12.8. The molecule has 3 aromatic heterocycles. The van der Waals surface area contributed by atoms with Crippen LogP contribution in [0, 0.1) is 0 Å². The Bertz CT molecular complexity index is 1530. The number of nitrogens with zero attached hydrogens (tertiary/aromatic N) is 4. The summed E-state index contributed by atoms with van der Waals surface area (Å²) in [4.78, 5) is 8.75. The minimum Gasteiger partial charge on any atom is -0.493 e. The molecule has 2 aliphatic heterocycles. The molecule has 0 unspecified atom stereocenters. The largest absolute Gasteiger partial charge is 0.493 e. The fourth-order valence-corrected chi connectivity index (χ4v) is 5.76. The van der Waals surface area contributed by atoms with E-state index in [0.29, 0.717) is 5.82 Å². The summed E-state index contributed by atoms with van der Waals surface area (Å²) in [6.07, 6.45) is 6.34. The molecule has 7 nitrogen and oxygen atoms in total. The Labute approximate surface area is 206 Å². The fraction of sp³-hybridized carbons (Fsp3) is 0.222. The summed E-state index contributed by atoms with van der Waals surface area (Å²) in [6.45, 7) is 2.58. The zero-order valence-corrected chi connectivity index (χ0v) is 19.9. The lowest BCUT2D eigenvalue weighted by atomic mass is 10.0. The van der Waals surface area contributed by atoms with Crippen LogP contribution >= 0.6 is 11.3 Å². The summed E-state index contributed by atoms with van der Waals surface area (Å²) in [5.41, 5.74) is 5.24. The molecule has 174 valence electrons. The molecule has 1 atom stereocenters. The van der Waals surface area contributed by atoms with Crippen molar-refractivity contribution in [3.63, 3.8) is 0 Å². The number of aromatic nitrogens is 5. The second-order valence-electron chi connectivity index (χ2n) is 9.03. The Morgan fingerprint density at radius 1 is 1.03 bits per heavy atom. The first-order chi connectivity index (χ1) is 17.3. The highest BCUT2D eigenvalue weighted by molar-refractivity contribution is 7.09. The van der Waals surface area contributed by atoms with Crippen LogP contribution in [0.4, 0.5) is 0 Å². The van der Waals surface area contributed by atoms with Crippen molar-refractivity contribution >= 4 is 22.2 Å². The van der Waals surface area contributed by atoms with Gasteiger partial charge in [-0.2, -0.15) is 10.2 Å². The van der Waals surface area contributed by atoms with E-state index in [4.69, 9.17) is 9.72 Å². The predicted molar refractivity (Wildman–Crippen MR) is 137 cm³/mol. The van der Waals surface area contributed by atoms with E-state index in [2.05, 4.69) is 85.3 Å². The lowest BCUT2D eigenvalue weighted by Crippen LogP contribution is -2.31. The SMILES string of the molecule is C1=CCN(Cc2cccs2)[C@@H](c2nc(-c3ccc4[nH]nc(-c5ccc6c(c5)CCO6)c4c3)n[nH]2)C1. The Morgan fingerprint density at radius 2 is 2.00 bits per heavy atom. The summed E-state index contributed by atoms with van der Waals surface area (Å²) in [5.74, 6) is 2.60. The van der Waals surface area contributed by atoms with E-state index < -0.39 is 0 Å². The van der Waals surface area contributed by atoms with Gasteiger partial charge in [0, 0.05) is 40.9 Å². The fourth-order valence-electron chi connectivity index (χ4n) is 5.03. The molecule has 5 aromatic rings. The van der Waals surface area contributed by atoms with Gasteiger partial charge in [-0.3, -0.25) is 15.1 Å². The third-order valence-corrected chi connectivity index (χ3v) is 7.71.